The SMILES string of the molecule is CCOc1ccc(C(C#N)N2CCN(C(C)=O)CC2)cc1. The lowest BCUT2D eigenvalue weighted by molar-refractivity contribution is -0.130. The van der Waals surface area contributed by atoms with Gasteiger partial charge in [-0.05, 0) is 24.6 Å². The topological polar surface area (TPSA) is 56.6 Å². The lowest BCUT2D eigenvalue weighted by Crippen LogP contribution is -2.48. The molecular formula is C16H21N3O2. The highest BCUT2D eigenvalue weighted by Crippen LogP contribution is 2.23. The molecule has 0 radical (unpaired) electrons. The first-order valence-electron chi connectivity index (χ1n) is 7.27. The van der Waals surface area contributed by atoms with Crippen LogP contribution in [-0.4, -0.2) is 48.5 Å². The minimum atomic E-state index is -0.269. The lowest BCUT2D eigenvalue weighted by atomic mass is 10.1. The fraction of sp³-hybridized carbons (Fsp3) is 0.500. The molecule has 112 valence electrons. The van der Waals surface area contributed by atoms with Crippen molar-refractivity contribution in [2.75, 3.05) is 32.8 Å². The Bertz CT molecular complexity index is 513. The molecule has 5 heteroatoms. The normalized spacial score (nSPS) is 17.1. The van der Waals surface area contributed by atoms with Crippen LogP contribution in [0.2, 0.25) is 0 Å². The fourth-order valence-electron chi connectivity index (χ4n) is 2.58. The Labute approximate surface area is 125 Å². The van der Waals surface area contributed by atoms with Gasteiger partial charge in [-0.2, -0.15) is 5.26 Å². The molecular weight excluding hydrogens is 266 g/mol. The van der Waals surface area contributed by atoms with Gasteiger partial charge in [0.05, 0.1) is 12.7 Å². The minimum absolute atomic E-state index is 0.101. The maximum atomic E-state index is 11.3. The van der Waals surface area contributed by atoms with Crippen LogP contribution in [0.25, 0.3) is 0 Å². The second-order valence-corrected chi connectivity index (χ2v) is 5.08. The van der Waals surface area contributed by atoms with Crippen LogP contribution in [0.5, 0.6) is 5.75 Å². The number of rotatable bonds is 4. The quantitative estimate of drug-likeness (QED) is 0.847. The van der Waals surface area contributed by atoms with Crippen LogP contribution in [0.3, 0.4) is 0 Å². The van der Waals surface area contributed by atoms with Gasteiger partial charge in [0.25, 0.3) is 0 Å². The van der Waals surface area contributed by atoms with Crippen LogP contribution in [0.1, 0.15) is 25.5 Å². The fourth-order valence-corrected chi connectivity index (χ4v) is 2.58. The number of hydrogen-bond acceptors (Lipinski definition) is 4. The molecule has 0 bridgehead atoms. The highest BCUT2D eigenvalue weighted by molar-refractivity contribution is 5.73. The van der Waals surface area contributed by atoms with Gasteiger partial charge in [0.15, 0.2) is 0 Å². The van der Waals surface area contributed by atoms with Crippen LogP contribution in [0, 0.1) is 11.3 Å². The molecule has 0 aromatic heterocycles. The monoisotopic (exact) mass is 287 g/mol. The Kier molecular flexibility index (Phi) is 5.18. The number of amides is 1. The third-order valence-electron chi connectivity index (χ3n) is 3.75. The Morgan fingerprint density at radius 2 is 1.90 bits per heavy atom. The van der Waals surface area contributed by atoms with Crippen molar-refractivity contribution in [2.45, 2.75) is 19.9 Å². The Morgan fingerprint density at radius 3 is 2.38 bits per heavy atom. The third-order valence-corrected chi connectivity index (χ3v) is 3.75. The van der Waals surface area contributed by atoms with Crippen molar-refractivity contribution < 1.29 is 9.53 Å². The predicted molar refractivity (Wildman–Crippen MR) is 79.8 cm³/mol. The van der Waals surface area contributed by atoms with Crippen molar-refractivity contribution in [3.05, 3.63) is 29.8 Å². The molecule has 2 rings (SSSR count). The van der Waals surface area contributed by atoms with E-state index < -0.39 is 0 Å². The largest absolute Gasteiger partial charge is 0.494 e. The summed E-state index contributed by atoms with van der Waals surface area (Å²) in [5.74, 6) is 0.920. The number of piperazine rings is 1. The van der Waals surface area contributed by atoms with Crippen molar-refractivity contribution >= 4 is 5.91 Å². The summed E-state index contributed by atoms with van der Waals surface area (Å²) < 4.78 is 5.42. The predicted octanol–water partition coefficient (Wildman–Crippen LogP) is 1.81. The standard InChI is InChI=1S/C16H21N3O2/c1-3-21-15-6-4-14(5-7-15)16(12-17)19-10-8-18(9-11-19)13(2)20/h4-7,16H,3,8-11H2,1-2H3. The summed E-state index contributed by atoms with van der Waals surface area (Å²) in [5, 5.41) is 9.48. The third kappa shape index (κ3) is 3.73. The van der Waals surface area contributed by atoms with Crippen molar-refractivity contribution in [1.29, 1.82) is 5.26 Å². The molecule has 1 aliphatic rings. The first-order valence-corrected chi connectivity index (χ1v) is 7.27. The maximum absolute atomic E-state index is 11.3. The number of ether oxygens (including phenoxy) is 1. The first-order chi connectivity index (χ1) is 10.2. The van der Waals surface area contributed by atoms with Gasteiger partial charge in [-0.1, -0.05) is 12.1 Å². The molecule has 5 nitrogen and oxygen atoms in total. The van der Waals surface area contributed by atoms with Crippen LogP contribution in [-0.2, 0) is 4.79 Å². The summed E-state index contributed by atoms with van der Waals surface area (Å²) >= 11 is 0. The molecule has 0 saturated carbocycles. The van der Waals surface area contributed by atoms with E-state index in [1.54, 1.807) is 6.92 Å². The zero-order valence-corrected chi connectivity index (χ0v) is 12.6. The molecule has 1 aliphatic heterocycles. The van der Waals surface area contributed by atoms with E-state index >= 15 is 0 Å². The van der Waals surface area contributed by atoms with E-state index in [9.17, 15) is 10.1 Å². The minimum Gasteiger partial charge on any atom is -0.494 e. The number of carbonyl (C=O) groups is 1. The van der Waals surface area contributed by atoms with E-state index in [0.29, 0.717) is 19.7 Å². The lowest BCUT2D eigenvalue weighted by Gasteiger charge is -2.36. The summed E-state index contributed by atoms with van der Waals surface area (Å²) in [6.07, 6.45) is 0. The Balaban J connectivity index is 2.03. The number of nitrogens with zero attached hydrogens (tertiary/aromatic N) is 3. The number of hydrogen-bond donors (Lipinski definition) is 0. The van der Waals surface area contributed by atoms with Gasteiger partial charge in [0.2, 0.25) is 5.91 Å². The van der Waals surface area contributed by atoms with E-state index in [-0.39, 0.29) is 11.9 Å². The van der Waals surface area contributed by atoms with Crippen LogP contribution in [0.4, 0.5) is 0 Å². The summed E-state index contributed by atoms with van der Waals surface area (Å²) in [7, 11) is 0. The Hall–Kier alpha value is -2.06. The van der Waals surface area contributed by atoms with Gasteiger partial charge >= 0.3 is 0 Å². The number of nitriles is 1. The molecule has 1 saturated heterocycles. The zero-order chi connectivity index (χ0) is 15.2. The van der Waals surface area contributed by atoms with E-state index in [1.165, 1.54) is 0 Å². The highest BCUT2D eigenvalue weighted by Gasteiger charge is 2.25. The summed E-state index contributed by atoms with van der Waals surface area (Å²) in [6.45, 7) is 6.99. The number of carbonyl (C=O) groups excluding carboxylic acids is 1. The van der Waals surface area contributed by atoms with Crippen molar-refractivity contribution in [1.82, 2.24) is 9.80 Å². The van der Waals surface area contributed by atoms with Crippen molar-refractivity contribution in [3.63, 3.8) is 0 Å². The first kappa shape index (κ1) is 15.3. The van der Waals surface area contributed by atoms with Gasteiger partial charge in [-0.15, -0.1) is 0 Å². The van der Waals surface area contributed by atoms with E-state index in [1.807, 2.05) is 36.1 Å². The summed E-state index contributed by atoms with van der Waals surface area (Å²) in [6, 6.07) is 9.77. The Morgan fingerprint density at radius 1 is 1.29 bits per heavy atom. The second-order valence-electron chi connectivity index (χ2n) is 5.08. The average Bonchev–Trinajstić information content (AvgIpc) is 2.50. The molecule has 1 amide bonds. The maximum Gasteiger partial charge on any atom is 0.219 e. The van der Waals surface area contributed by atoms with Crippen LogP contribution < -0.4 is 4.74 Å². The number of benzene rings is 1. The molecule has 1 aromatic rings. The molecule has 0 N–H and O–H groups in total. The molecule has 1 aromatic carbocycles. The van der Waals surface area contributed by atoms with Gasteiger partial charge in [-0.25, -0.2) is 0 Å². The van der Waals surface area contributed by atoms with E-state index in [4.69, 9.17) is 4.74 Å². The molecule has 0 aliphatic carbocycles. The average molecular weight is 287 g/mol. The van der Waals surface area contributed by atoms with Crippen molar-refractivity contribution in [3.8, 4) is 11.8 Å². The van der Waals surface area contributed by atoms with Gasteiger partial charge in [-0.3, -0.25) is 9.69 Å². The van der Waals surface area contributed by atoms with E-state index in [0.717, 1.165) is 24.4 Å². The van der Waals surface area contributed by atoms with Gasteiger partial charge < -0.3 is 9.64 Å². The van der Waals surface area contributed by atoms with Gasteiger partial charge in [0, 0.05) is 33.1 Å². The molecule has 1 atom stereocenters. The highest BCUT2D eigenvalue weighted by atomic mass is 16.5. The zero-order valence-electron chi connectivity index (χ0n) is 12.6. The van der Waals surface area contributed by atoms with E-state index in [2.05, 4.69) is 11.0 Å². The second kappa shape index (κ2) is 7.09. The molecule has 0 spiro atoms. The van der Waals surface area contributed by atoms with Crippen LogP contribution in [0.15, 0.2) is 24.3 Å². The molecule has 1 fully saturated rings. The summed E-state index contributed by atoms with van der Waals surface area (Å²) in [5.41, 5.74) is 0.970. The smallest absolute Gasteiger partial charge is 0.219 e. The van der Waals surface area contributed by atoms with Crippen LogP contribution >= 0.6 is 0 Å². The van der Waals surface area contributed by atoms with Gasteiger partial charge in [0.1, 0.15) is 11.8 Å². The van der Waals surface area contributed by atoms with Crippen molar-refractivity contribution in [2.24, 2.45) is 0 Å². The molecule has 1 unspecified atom stereocenters. The molecule has 1 heterocycles. The summed E-state index contributed by atoms with van der Waals surface area (Å²) in [4.78, 5) is 15.3. The molecule has 21 heavy (non-hydrogen) atoms.